The summed E-state index contributed by atoms with van der Waals surface area (Å²) < 4.78 is 0. The van der Waals surface area contributed by atoms with Crippen molar-refractivity contribution in [2.75, 3.05) is 17.6 Å². The Kier molecular flexibility index (Phi) is 6.86. The van der Waals surface area contributed by atoms with Gasteiger partial charge in [-0.1, -0.05) is 30.1 Å². The fourth-order valence-electron chi connectivity index (χ4n) is 1.31. The Bertz CT molecular complexity index is 415. The van der Waals surface area contributed by atoms with Crippen molar-refractivity contribution >= 4 is 46.6 Å². The van der Waals surface area contributed by atoms with E-state index in [4.69, 9.17) is 28.9 Å². The smallest absolute Gasteiger partial charge is 0.234 e. The summed E-state index contributed by atoms with van der Waals surface area (Å²) in [4.78, 5) is 11.7. The highest BCUT2D eigenvalue weighted by Crippen LogP contribution is 2.25. The van der Waals surface area contributed by atoms with Gasteiger partial charge in [-0.2, -0.15) is 0 Å². The minimum absolute atomic E-state index is 0.0535. The summed E-state index contributed by atoms with van der Waals surface area (Å²) in [5, 5.41) is 4.06. The van der Waals surface area contributed by atoms with E-state index in [2.05, 4.69) is 12.2 Å². The van der Waals surface area contributed by atoms with Crippen LogP contribution in [0.2, 0.25) is 10.0 Å². The average Bonchev–Trinajstić information content (AvgIpc) is 2.32. The SMILES string of the molecule is CC(CCN)SCC(=O)Nc1ccc(Cl)c(Cl)c1. The Hall–Kier alpha value is -0.420. The normalized spacial score (nSPS) is 12.2. The molecule has 18 heavy (non-hydrogen) atoms. The van der Waals surface area contributed by atoms with Crippen molar-refractivity contribution in [1.82, 2.24) is 0 Å². The highest BCUT2D eigenvalue weighted by atomic mass is 35.5. The van der Waals surface area contributed by atoms with Crippen molar-refractivity contribution in [3.63, 3.8) is 0 Å². The Morgan fingerprint density at radius 1 is 1.44 bits per heavy atom. The molecule has 1 aromatic rings. The molecule has 0 aliphatic heterocycles. The number of hydrogen-bond acceptors (Lipinski definition) is 3. The molecule has 0 aliphatic rings. The van der Waals surface area contributed by atoms with Crippen molar-refractivity contribution in [2.45, 2.75) is 18.6 Å². The molecule has 0 aliphatic carbocycles. The van der Waals surface area contributed by atoms with E-state index in [0.29, 0.717) is 33.3 Å². The Morgan fingerprint density at radius 3 is 2.78 bits per heavy atom. The Labute approximate surface area is 121 Å². The minimum Gasteiger partial charge on any atom is -0.330 e. The third kappa shape index (κ3) is 5.48. The van der Waals surface area contributed by atoms with Crippen LogP contribution in [0.15, 0.2) is 18.2 Å². The zero-order valence-corrected chi connectivity index (χ0v) is 12.4. The number of carbonyl (C=O) groups excluding carboxylic acids is 1. The van der Waals surface area contributed by atoms with Crippen LogP contribution in [0.3, 0.4) is 0 Å². The molecule has 0 heterocycles. The van der Waals surface area contributed by atoms with Gasteiger partial charge >= 0.3 is 0 Å². The lowest BCUT2D eigenvalue weighted by Crippen LogP contribution is -2.16. The number of anilines is 1. The fourth-order valence-corrected chi connectivity index (χ4v) is 2.42. The second-order valence-corrected chi connectivity index (χ2v) is 6.12. The second kappa shape index (κ2) is 7.89. The molecule has 0 fully saturated rings. The quantitative estimate of drug-likeness (QED) is 0.847. The number of amides is 1. The largest absolute Gasteiger partial charge is 0.330 e. The van der Waals surface area contributed by atoms with E-state index in [1.807, 2.05) is 0 Å². The van der Waals surface area contributed by atoms with Gasteiger partial charge in [-0.3, -0.25) is 4.79 Å². The second-order valence-electron chi connectivity index (χ2n) is 3.88. The van der Waals surface area contributed by atoms with Crippen molar-refractivity contribution < 1.29 is 4.79 Å². The summed E-state index contributed by atoms with van der Waals surface area (Å²) in [6, 6.07) is 5.01. The standard InChI is InChI=1S/C12H16Cl2N2OS/c1-8(4-5-15)18-7-12(17)16-9-2-3-10(13)11(14)6-9/h2-3,6,8H,4-5,7,15H2,1H3,(H,16,17). The van der Waals surface area contributed by atoms with Gasteiger partial charge in [-0.05, 0) is 31.2 Å². The van der Waals surface area contributed by atoms with Gasteiger partial charge in [-0.15, -0.1) is 11.8 Å². The molecule has 1 atom stereocenters. The molecule has 1 aromatic carbocycles. The third-order valence-corrected chi connectivity index (χ3v) is 4.25. The maximum atomic E-state index is 11.7. The zero-order valence-electron chi connectivity index (χ0n) is 10.1. The van der Waals surface area contributed by atoms with Crippen LogP contribution in [0.25, 0.3) is 0 Å². The molecule has 0 saturated carbocycles. The summed E-state index contributed by atoms with van der Waals surface area (Å²) in [6.45, 7) is 2.70. The molecule has 0 saturated heterocycles. The van der Waals surface area contributed by atoms with Crippen LogP contribution < -0.4 is 11.1 Å². The van der Waals surface area contributed by atoms with Crippen molar-refractivity contribution in [3.05, 3.63) is 28.2 Å². The van der Waals surface area contributed by atoms with Crippen LogP contribution in [0, 0.1) is 0 Å². The van der Waals surface area contributed by atoms with Gasteiger partial charge in [0.1, 0.15) is 0 Å². The lowest BCUT2D eigenvalue weighted by atomic mass is 10.3. The monoisotopic (exact) mass is 306 g/mol. The first-order chi connectivity index (χ1) is 8.52. The van der Waals surface area contributed by atoms with Crippen LogP contribution in [0.1, 0.15) is 13.3 Å². The summed E-state index contributed by atoms with van der Waals surface area (Å²) in [6.07, 6.45) is 0.907. The minimum atomic E-state index is -0.0535. The average molecular weight is 307 g/mol. The lowest BCUT2D eigenvalue weighted by Gasteiger charge is -2.10. The highest BCUT2D eigenvalue weighted by Gasteiger charge is 2.07. The van der Waals surface area contributed by atoms with Crippen LogP contribution in [-0.4, -0.2) is 23.5 Å². The molecule has 0 spiro atoms. The maximum Gasteiger partial charge on any atom is 0.234 e. The number of rotatable bonds is 6. The molecule has 0 bridgehead atoms. The van der Waals surface area contributed by atoms with Crippen LogP contribution >= 0.6 is 35.0 Å². The summed E-state index contributed by atoms with van der Waals surface area (Å²) in [5.74, 6) is 0.351. The third-order valence-electron chi connectivity index (χ3n) is 2.28. The molecule has 0 aromatic heterocycles. The summed E-state index contributed by atoms with van der Waals surface area (Å²) in [5.41, 5.74) is 6.10. The molecular formula is C12H16Cl2N2OS. The number of carbonyl (C=O) groups is 1. The van der Waals surface area contributed by atoms with Crippen LogP contribution in [0.4, 0.5) is 5.69 Å². The van der Waals surface area contributed by atoms with E-state index in [9.17, 15) is 4.79 Å². The summed E-state index contributed by atoms with van der Waals surface area (Å²) in [7, 11) is 0. The number of nitrogens with one attached hydrogen (secondary N) is 1. The van der Waals surface area contributed by atoms with Crippen LogP contribution in [-0.2, 0) is 4.79 Å². The van der Waals surface area contributed by atoms with E-state index in [0.717, 1.165) is 6.42 Å². The van der Waals surface area contributed by atoms with Crippen molar-refractivity contribution in [1.29, 1.82) is 0 Å². The molecule has 0 radical (unpaired) electrons. The molecular weight excluding hydrogens is 291 g/mol. The lowest BCUT2D eigenvalue weighted by molar-refractivity contribution is -0.113. The molecule has 3 nitrogen and oxygen atoms in total. The number of benzene rings is 1. The first kappa shape index (κ1) is 15.6. The van der Waals surface area contributed by atoms with Gasteiger partial charge < -0.3 is 11.1 Å². The van der Waals surface area contributed by atoms with Gasteiger partial charge in [0.2, 0.25) is 5.91 Å². The molecule has 1 amide bonds. The number of nitrogens with two attached hydrogens (primary N) is 1. The first-order valence-electron chi connectivity index (χ1n) is 5.59. The molecule has 1 rings (SSSR count). The summed E-state index contributed by atoms with van der Waals surface area (Å²) >= 11 is 13.2. The number of halogens is 2. The van der Waals surface area contributed by atoms with Crippen LogP contribution in [0.5, 0.6) is 0 Å². The number of hydrogen-bond donors (Lipinski definition) is 2. The molecule has 3 N–H and O–H groups in total. The Morgan fingerprint density at radius 2 is 2.17 bits per heavy atom. The number of thioether (sulfide) groups is 1. The maximum absolute atomic E-state index is 11.7. The Balaban J connectivity index is 2.42. The zero-order chi connectivity index (χ0) is 13.5. The highest BCUT2D eigenvalue weighted by molar-refractivity contribution is 8.00. The van der Waals surface area contributed by atoms with E-state index in [1.165, 1.54) is 0 Å². The van der Waals surface area contributed by atoms with E-state index < -0.39 is 0 Å². The van der Waals surface area contributed by atoms with Gasteiger partial charge in [0.25, 0.3) is 0 Å². The van der Waals surface area contributed by atoms with Gasteiger partial charge in [-0.25, -0.2) is 0 Å². The van der Waals surface area contributed by atoms with Gasteiger partial charge in [0.15, 0.2) is 0 Å². The van der Waals surface area contributed by atoms with E-state index >= 15 is 0 Å². The van der Waals surface area contributed by atoms with Gasteiger partial charge in [0, 0.05) is 10.9 Å². The van der Waals surface area contributed by atoms with Crippen molar-refractivity contribution in [3.8, 4) is 0 Å². The molecule has 1 unspecified atom stereocenters. The molecule has 100 valence electrons. The van der Waals surface area contributed by atoms with E-state index in [-0.39, 0.29) is 5.91 Å². The predicted molar refractivity (Wildman–Crippen MR) is 80.7 cm³/mol. The first-order valence-corrected chi connectivity index (χ1v) is 7.40. The van der Waals surface area contributed by atoms with Crippen molar-refractivity contribution in [2.24, 2.45) is 5.73 Å². The topological polar surface area (TPSA) is 55.1 Å². The predicted octanol–water partition coefficient (Wildman–Crippen LogP) is 3.40. The van der Waals surface area contributed by atoms with E-state index in [1.54, 1.807) is 30.0 Å². The molecule has 6 heteroatoms. The fraction of sp³-hybridized carbons (Fsp3) is 0.417. The van der Waals surface area contributed by atoms with Gasteiger partial charge in [0.05, 0.1) is 15.8 Å².